The third-order valence-electron chi connectivity index (χ3n) is 3.82. The molecule has 0 bridgehead atoms. The first-order valence-electron chi connectivity index (χ1n) is 6.25. The van der Waals surface area contributed by atoms with Crippen molar-refractivity contribution in [2.24, 2.45) is 11.3 Å². The van der Waals surface area contributed by atoms with Crippen LogP contribution in [0.1, 0.15) is 58.8 Å². The van der Waals surface area contributed by atoms with Crippen molar-refractivity contribution in [3.63, 3.8) is 0 Å². The second-order valence-electron chi connectivity index (χ2n) is 5.04. The first-order chi connectivity index (χ1) is 7.16. The zero-order chi connectivity index (χ0) is 11.3. The standard InChI is InChI=1S/C13H23NO/c1-3-7-11(2)12(15)13(10-14)8-5-4-6-9-13/h11-12,15H,3-9H2,1-2H3. The van der Waals surface area contributed by atoms with Gasteiger partial charge in [-0.25, -0.2) is 0 Å². The highest BCUT2D eigenvalue weighted by atomic mass is 16.3. The Labute approximate surface area is 93.3 Å². The first-order valence-corrected chi connectivity index (χ1v) is 6.25. The van der Waals surface area contributed by atoms with Gasteiger partial charge in [0.25, 0.3) is 0 Å². The highest BCUT2D eigenvalue weighted by Gasteiger charge is 2.41. The van der Waals surface area contributed by atoms with Crippen LogP contribution in [0.2, 0.25) is 0 Å². The summed E-state index contributed by atoms with van der Waals surface area (Å²) in [7, 11) is 0. The van der Waals surface area contributed by atoms with E-state index in [0.29, 0.717) is 0 Å². The topological polar surface area (TPSA) is 44.0 Å². The SMILES string of the molecule is CCCC(C)C(O)C1(C#N)CCCCC1. The van der Waals surface area contributed by atoms with Gasteiger partial charge < -0.3 is 5.11 Å². The number of hydrogen-bond acceptors (Lipinski definition) is 2. The molecule has 0 heterocycles. The molecule has 1 aliphatic rings. The van der Waals surface area contributed by atoms with Crippen molar-refractivity contribution in [3.8, 4) is 6.07 Å². The second kappa shape index (κ2) is 5.51. The molecule has 0 aliphatic heterocycles. The molecule has 0 saturated heterocycles. The summed E-state index contributed by atoms with van der Waals surface area (Å²) in [5.74, 6) is 0.257. The van der Waals surface area contributed by atoms with Gasteiger partial charge in [0, 0.05) is 0 Å². The van der Waals surface area contributed by atoms with Crippen LogP contribution in [0.25, 0.3) is 0 Å². The van der Waals surface area contributed by atoms with E-state index in [1.54, 1.807) is 0 Å². The molecule has 1 rings (SSSR count). The molecular weight excluding hydrogens is 186 g/mol. The summed E-state index contributed by atoms with van der Waals surface area (Å²) in [6.07, 6.45) is 6.87. The number of aliphatic hydroxyl groups is 1. The molecule has 1 saturated carbocycles. The fourth-order valence-electron chi connectivity index (χ4n) is 2.81. The Morgan fingerprint density at radius 2 is 1.93 bits per heavy atom. The second-order valence-corrected chi connectivity index (χ2v) is 5.04. The van der Waals surface area contributed by atoms with Gasteiger partial charge in [-0.2, -0.15) is 5.26 Å². The van der Waals surface area contributed by atoms with E-state index in [1.165, 1.54) is 6.42 Å². The van der Waals surface area contributed by atoms with Gasteiger partial charge in [0.05, 0.1) is 17.6 Å². The maximum absolute atomic E-state index is 10.3. The molecular formula is C13H23NO. The highest BCUT2D eigenvalue weighted by molar-refractivity contribution is 5.06. The van der Waals surface area contributed by atoms with Gasteiger partial charge in [0.2, 0.25) is 0 Å². The zero-order valence-corrected chi connectivity index (χ0v) is 10.00. The fraction of sp³-hybridized carbons (Fsp3) is 0.923. The Bertz CT molecular complexity index is 225. The average molecular weight is 209 g/mol. The molecule has 15 heavy (non-hydrogen) atoms. The minimum Gasteiger partial charge on any atom is -0.391 e. The van der Waals surface area contributed by atoms with Gasteiger partial charge >= 0.3 is 0 Å². The fourth-order valence-corrected chi connectivity index (χ4v) is 2.81. The molecule has 0 amide bonds. The number of nitrogens with zero attached hydrogens (tertiary/aromatic N) is 1. The van der Waals surface area contributed by atoms with E-state index in [1.807, 2.05) is 0 Å². The van der Waals surface area contributed by atoms with E-state index in [-0.39, 0.29) is 5.92 Å². The smallest absolute Gasteiger partial charge is 0.0834 e. The first kappa shape index (κ1) is 12.5. The molecule has 0 aromatic heterocycles. The predicted molar refractivity (Wildman–Crippen MR) is 61.2 cm³/mol. The zero-order valence-electron chi connectivity index (χ0n) is 10.00. The normalized spacial score (nSPS) is 24.1. The third-order valence-corrected chi connectivity index (χ3v) is 3.82. The van der Waals surface area contributed by atoms with Crippen molar-refractivity contribution in [2.45, 2.75) is 64.9 Å². The van der Waals surface area contributed by atoms with Crippen molar-refractivity contribution in [2.75, 3.05) is 0 Å². The lowest BCUT2D eigenvalue weighted by Crippen LogP contribution is -2.40. The Morgan fingerprint density at radius 1 is 1.33 bits per heavy atom. The maximum Gasteiger partial charge on any atom is 0.0834 e. The maximum atomic E-state index is 10.3. The van der Waals surface area contributed by atoms with Gasteiger partial charge in [0.1, 0.15) is 0 Å². The molecule has 1 fully saturated rings. The molecule has 0 aromatic rings. The van der Waals surface area contributed by atoms with Gasteiger partial charge in [0.15, 0.2) is 0 Å². The molecule has 0 spiro atoms. The minimum atomic E-state index is -0.438. The van der Waals surface area contributed by atoms with Crippen LogP contribution < -0.4 is 0 Å². The van der Waals surface area contributed by atoms with Crippen LogP contribution in [-0.4, -0.2) is 11.2 Å². The van der Waals surface area contributed by atoms with Gasteiger partial charge in [-0.15, -0.1) is 0 Å². The highest BCUT2D eigenvalue weighted by Crippen LogP contribution is 2.41. The summed E-state index contributed by atoms with van der Waals surface area (Å²) in [6.45, 7) is 4.20. The summed E-state index contributed by atoms with van der Waals surface area (Å²) in [6, 6.07) is 2.41. The van der Waals surface area contributed by atoms with Crippen LogP contribution in [0.3, 0.4) is 0 Å². The average Bonchev–Trinajstić information content (AvgIpc) is 2.29. The number of aliphatic hydroxyl groups excluding tert-OH is 1. The third kappa shape index (κ3) is 2.72. The lowest BCUT2D eigenvalue weighted by molar-refractivity contribution is -0.00465. The Hall–Kier alpha value is -0.550. The van der Waals surface area contributed by atoms with E-state index < -0.39 is 11.5 Å². The molecule has 2 nitrogen and oxygen atoms in total. The van der Waals surface area contributed by atoms with Gasteiger partial charge in [-0.3, -0.25) is 0 Å². The van der Waals surface area contributed by atoms with E-state index in [0.717, 1.165) is 38.5 Å². The largest absolute Gasteiger partial charge is 0.391 e. The Kier molecular flexibility index (Phi) is 4.60. The van der Waals surface area contributed by atoms with Crippen molar-refractivity contribution < 1.29 is 5.11 Å². The molecule has 1 aliphatic carbocycles. The lowest BCUT2D eigenvalue weighted by Gasteiger charge is -2.37. The Morgan fingerprint density at radius 3 is 2.40 bits per heavy atom. The summed E-state index contributed by atoms with van der Waals surface area (Å²) >= 11 is 0. The monoisotopic (exact) mass is 209 g/mol. The molecule has 86 valence electrons. The van der Waals surface area contributed by atoms with E-state index in [9.17, 15) is 10.4 Å². The molecule has 2 unspecified atom stereocenters. The van der Waals surface area contributed by atoms with Crippen LogP contribution in [0.5, 0.6) is 0 Å². The van der Waals surface area contributed by atoms with Crippen LogP contribution in [0, 0.1) is 22.7 Å². The molecule has 0 aromatic carbocycles. The summed E-state index contributed by atoms with van der Waals surface area (Å²) in [5, 5.41) is 19.6. The van der Waals surface area contributed by atoms with Crippen molar-refractivity contribution in [1.29, 1.82) is 5.26 Å². The molecule has 0 radical (unpaired) electrons. The van der Waals surface area contributed by atoms with Crippen LogP contribution in [-0.2, 0) is 0 Å². The number of hydrogen-bond donors (Lipinski definition) is 1. The summed E-state index contributed by atoms with van der Waals surface area (Å²) < 4.78 is 0. The number of rotatable bonds is 4. The van der Waals surface area contributed by atoms with Crippen molar-refractivity contribution in [1.82, 2.24) is 0 Å². The summed E-state index contributed by atoms with van der Waals surface area (Å²) in [5.41, 5.74) is -0.438. The quantitative estimate of drug-likeness (QED) is 0.772. The van der Waals surface area contributed by atoms with Crippen LogP contribution in [0.15, 0.2) is 0 Å². The van der Waals surface area contributed by atoms with Crippen LogP contribution in [0.4, 0.5) is 0 Å². The lowest BCUT2D eigenvalue weighted by atomic mass is 9.67. The summed E-state index contributed by atoms with van der Waals surface area (Å²) in [4.78, 5) is 0. The van der Waals surface area contributed by atoms with Gasteiger partial charge in [-0.05, 0) is 25.2 Å². The van der Waals surface area contributed by atoms with E-state index in [2.05, 4.69) is 19.9 Å². The van der Waals surface area contributed by atoms with Gasteiger partial charge in [-0.1, -0.05) is 39.5 Å². The minimum absolute atomic E-state index is 0.257. The van der Waals surface area contributed by atoms with Crippen LogP contribution >= 0.6 is 0 Å². The Balaban J connectivity index is 2.68. The van der Waals surface area contributed by atoms with E-state index >= 15 is 0 Å². The van der Waals surface area contributed by atoms with Crippen molar-refractivity contribution in [3.05, 3.63) is 0 Å². The molecule has 2 atom stereocenters. The molecule has 1 N–H and O–H groups in total. The number of nitriles is 1. The van der Waals surface area contributed by atoms with E-state index in [4.69, 9.17) is 0 Å². The predicted octanol–water partition coefficient (Wildman–Crippen LogP) is 3.26. The van der Waals surface area contributed by atoms with Crippen molar-refractivity contribution >= 4 is 0 Å². The molecule has 2 heteroatoms.